The Balaban J connectivity index is -0.0000000450. The first kappa shape index (κ1) is 15.7. The molecule has 0 aromatic rings. The van der Waals surface area contributed by atoms with E-state index in [1.165, 1.54) is 0 Å². The fraction of sp³-hybridized carbons (Fsp3) is 0. The Bertz CT molecular complexity index is 36.5. The summed E-state index contributed by atoms with van der Waals surface area (Å²) in [5.74, 6) is 0. The Hall–Kier alpha value is 1.87. The molecule has 5 heteroatoms. The predicted octanol–water partition coefficient (Wildman–Crippen LogP) is -1.09. The molecule has 0 aliphatic carbocycles. The van der Waals surface area contributed by atoms with E-state index >= 15 is 0 Å². The molecule has 30 valence electrons. The van der Waals surface area contributed by atoms with Crippen molar-refractivity contribution in [2.45, 2.75) is 0 Å². The van der Waals surface area contributed by atoms with Gasteiger partial charge in [-0.3, -0.25) is 0 Å². The van der Waals surface area contributed by atoms with Crippen molar-refractivity contribution in [2.24, 2.45) is 0 Å². The molecule has 0 amide bonds. The third-order valence-corrected chi connectivity index (χ3v) is 0. The van der Waals surface area contributed by atoms with Gasteiger partial charge >= 0.3 is 58.8 Å². The van der Waals surface area contributed by atoms with Crippen LogP contribution in [0.3, 0.4) is 0 Å². The average Bonchev–Trinajstić information content (AvgIpc) is 0.811. The normalized spacial score (nSPS) is 4.17. The van der Waals surface area contributed by atoms with Gasteiger partial charge in [0.15, 0.2) is 0 Å². The maximum atomic E-state index is 9.00. The van der Waals surface area contributed by atoms with Gasteiger partial charge in [0, 0.05) is 27.3 Å². The third-order valence-electron chi connectivity index (χ3n) is 0. The summed E-state index contributed by atoms with van der Waals surface area (Å²) in [5, 5.41) is 7.42. The van der Waals surface area contributed by atoms with Gasteiger partial charge in [0.2, 0.25) is 0 Å². The fourth-order valence-corrected chi connectivity index (χ4v) is 0. The van der Waals surface area contributed by atoms with E-state index in [9.17, 15) is 0 Å². The Morgan fingerprint density at radius 2 is 1.67 bits per heavy atom. The predicted molar refractivity (Wildman–Crippen MR) is 22.3 cm³/mol. The molecule has 0 aliphatic rings. The second-order valence-corrected chi connectivity index (χ2v) is 1.20. The van der Waals surface area contributed by atoms with E-state index in [0.29, 0.717) is 0 Å². The minimum atomic E-state index is -0.833. The van der Waals surface area contributed by atoms with E-state index in [1.807, 2.05) is 0 Å². The molecule has 0 rings (SSSR count). The van der Waals surface area contributed by atoms with Crippen LogP contribution in [0.1, 0.15) is 0 Å². The number of hydrogen-bond acceptors (Lipinski definition) is 1. The molecule has 0 heterocycles. The third kappa shape index (κ3) is 39.8. The summed E-state index contributed by atoms with van der Waals surface area (Å²) in [7, 11) is 0. The van der Waals surface area contributed by atoms with Gasteiger partial charge in [-0.15, -0.1) is 0 Å². The van der Waals surface area contributed by atoms with Crippen LogP contribution < -0.4 is 0 Å². The SMILES string of the molecule is O=C(O)[AsH].[Cd].[PbH]. The van der Waals surface area contributed by atoms with Crippen LogP contribution in [-0.4, -0.2) is 54.0 Å². The molecule has 1 N–H and O–H groups in total. The quantitative estimate of drug-likeness (QED) is 0.486. The number of hydrogen-bond donors (Lipinski definition) is 1. The van der Waals surface area contributed by atoms with Crippen molar-refractivity contribution in [3.8, 4) is 0 Å². The first-order valence-corrected chi connectivity index (χ1v) is 1.73. The standard InChI is InChI=1S/CH2AsO2.Cd.Pb.H/c2-1(3)4;;;/h2H,(H,3,4);;;. The van der Waals surface area contributed by atoms with Crippen molar-refractivity contribution >= 4 is 48.9 Å². The maximum absolute atomic E-state index is 9.00. The first-order valence-electron chi connectivity index (χ1n) is 0.678. The molecule has 0 fully saturated rings. The minimum absolute atomic E-state index is 0. The van der Waals surface area contributed by atoms with Gasteiger partial charge in [0.1, 0.15) is 0 Å². The molecule has 0 aromatic heterocycles. The second kappa shape index (κ2) is 9.98. The second-order valence-electron chi connectivity index (χ2n) is 0.305. The van der Waals surface area contributed by atoms with E-state index < -0.39 is 4.76 Å². The Labute approximate surface area is 84.9 Å². The van der Waals surface area contributed by atoms with Gasteiger partial charge in [-0.05, 0) is 0 Å². The number of carboxylic acid groups (broad SMARTS) is 1. The molecule has 6 heavy (non-hydrogen) atoms. The summed E-state index contributed by atoms with van der Waals surface area (Å²) >= 11 is 1.08. The topological polar surface area (TPSA) is 37.3 Å². The van der Waals surface area contributed by atoms with Gasteiger partial charge in [-0.1, -0.05) is 0 Å². The van der Waals surface area contributed by atoms with E-state index in [1.54, 1.807) is 0 Å². The van der Waals surface area contributed by atoms with Crippen LogP contribution in [0.15, 0.2) is 0 Å². The summed E-state index contributed by atoms with van der Waals surface area (Å²) in [6.07, 6.45) is 0. The van der Waals surface area contributed by atoms with Gasteiger partial charge in [-0.2, -0.15) is 0 Å². The van der Waals surface area contributed by atoms with E-state index in [-0.39, 0.29) is 54.6 Å². The zero-order chi connectivity index (χ0) is 3.58. The molecule has 0 aromatic carbocycles. The molecule has 0 unspecified atom stereocenters. The van der Waals surface area contributed by atoms with Gasteiger partial charge < -0.3 is 0 Å². The van der Waals surface area contributed by atoms with E-state index in [0.717, 1.165) is 16.9 Å². The van der Waals surface area contributed by atoms with Crippen LogP contribution >= 0.6 is 0 Å². The summed E-state index contributed by atoms with van der Waals surface area (Å²) in [4.78, 5) is 9.00. The molecular weight excluding hydrogens is 439 g/mol. The van der Waals surface area contributed by atoms with Crippen molar-refractivity contribution in [2.75, 3.05) is 0 Å². The van der Waals surface area contributed by atoms with Crippen LogP contribution in [0.25, 0.3) is 0 Å². The summed E-state index contributed by atoms with van der Waals surface area (Å²) in [5.41, 5.74) is 0. The Morgan fingerprint density at radius 1 is 1.67 bits per heavy atom. The summed E-state index contributed by atoms with van der Waals surface area (Å²) < 4.78 is -0.833. The van der Waals surface area contributed by atoms with Crippen LogP contribution in [0, 0.1) is 0 Å². The van der Waals surface area contributed by atoms with Crippen molar-refractivity contribution in [1.29, 1.82) is 0 Å². The molecule has 2 nitrogen and oxygen atoms in total. The first-order chi connectivity index (χ1) is 1.73. The molecule has 0 saturated heterocycles. The van der Waals surface area contributed by atoms with Crippen LogP contribution in [0.5, 0.6) is 0 Å². The average molecular weight is 442 g/mol. The Morgan fingerprint density at radius 3 is 1.67 bits per heavy atom. The molecule has 0 aliphatic heterocycles. The van der Waals surface area contributed by atoms with Crippen molar-refractivity contribution in [1.82, 2.24) is 0 Å². The van der Waals surface area contributed by atoms with Crippen LogP contribution in [0.2, 0.25) is 0 Å². The number of carbonyl (C=O) groups is 1. The van der Waals surface area contributed by atoms with Gasteiger partial charge in [0.25, 0.3) is 0 Å². The number of rotatable bonds is 0. The summed E-state index contributed by atoms with van der Waals surface area (Å²) in [6, 6.07) is 0. The molecule has 0 atom stereocenters. The molecule has 0 saturated carbocycles. The Kier molecular flexibility index (Phi) is 26.1. The van der Waals surface area contributed by atoms with E-state index in [4.69, 9.17) is 9.90 Å². The van der Waals surface area contributed by atoms with Crippen molar-refractivity contribution in [3.05, 3.63) is 0 Å². The zero-order valence-electron chi connectivity index (χ0n) is 3.14. The fourth-order valence-electron chi connectivity index (χ4n) is 0. The molecule has 0 spiro atoms. The molecule has 0 bridgehead atoms. The van der Waals surface area contributed by atoms with Gasteiger partial charge in [0.05, 0.1) is 0 Å². The van der Waals surface area contributed by atoms with E-state index in [2.05, 4.69) is 0 Å². The van der Waals surface area contributed by atoms with Gasteiger partial charge in [-0.25, -0.2) is 0 Å². The molecular formula is CH3AsCdO2Pb. The molecule has 4 radical (unpaired) electrons. The monoisotopic (exact) mass is 444 g/mol. The van der Waals surface area contributed by atoms with Crippen LogP contribution in [0.4, 0.5) is 4.79 Å². The van der Waals surface area contributed by atoms with Crippen LogP contribution in [-0.2, 0) is 27.3 Å². The van der Waals surface area contributed by atoms with Crippen molar-refractivity contribution in [3.63, 3.8) is 0 Å². The van der Waals surface area contributed by atoms with Crippen molar-refractivity contribution < 1.29 is 37.2 Å². The zero-order valence-corrected chi connectivity index (χ0v) is 13.8. The summed E-state index contributed by atoms with van der Waals surface area (Å²) in [6.45, 7) is 0.